The predicted octanol–water partition coefficient (Wildman–Crippen LogP) is 3.36. The number of aromatic nitrogens is 1. The molecule has 1 aromatic heterocycles. The summed E-state index contributed by atoms with van der Waals surface area (Å²) in [5.41, 5.74) is 2.01. The molecule has 0 bridgehead atoms. The van der Waals surface area contributed by atoms with Crippen LogP contribution in [0.3, 0.4) is 0 Å². The lowest BCUT2D eigenvalue weighted by molar-refractivity contribution is 0.0941. The van der Waals surface area contributed by atoms with Gasteiger partial charge in [-0.3, -0.25) is 4.79 Å². The van der Waals surface area contributed by atoms with E-state index in [9.17, 15) is 4.79 Å². The molecule has 2 nitrogen and oxygen atoms in total. The molecule has 0 amide bonds. The number of hydrogen-bond donors (Lipinski definition) is 0. The van der Waals surface area contributed by atoms with Crippen molar-refractivity contribution in [2.24, 2.45) is 5.92 Å². The van der Waals surface area contributed by atoms with Crippen molar-refractivity contribution < 1.29 is 4.79 Å². The Morgan fingerprint density at radius 1 is 1.35 bits per heavy atom. The van der Waals surface area contributed by atoms with Crippen molar-refractivity contribution in [3.05, 3.63) is 36.0 Å². The molecule has 3 heteroatoms. The summed E-state index contributed by atoms with van der Waals surface area (Å²) in [6.07, 6.45) is 2.99. The van der Waals surface area contributed by atoms with Gasteiger partial charge in [0, 0.05) is 35.1 Å². The van der Waals surface area contributed by atoms with Crippen molar-refractivity contribution in [2.45, 2.75) is 20.4 Å². The third-order valence-corrected chi connectivity index (χ3v) is 3.21. The SMILES string of the molecule is CC(C)C(=O)c1cn(CCP)c2ccccc12. The summed E-state index contributed by atoms with van der Waals surface area (Å²) in [6.45, 7) is 4.82. The van der Waals surface area contributed by atoms with Crippen molar-refractivity contribution in [3.8, 4) is 0 Å². The maximum atomic E-state index is 12.2. The second-order valence-electron chi connectivity index (χ2n) is 4.56. The molecule has 0 aliphatic carbocycles. The molecule has 1 aromatic carbocycles. The normalized spacial score (nSPS) is 11.3. The molecule has 1 unspecified atom stereocenters. The Bertz CT molecular complexity index is 542. The van der Waals surface area contributed by atoms with Gasteiger partial charge in [-0.15, -0.1) is 9.24 Å². The maximum Gasteiger partial charge on any atom is 0.167 e. The zero-order valence-electron chi connectivity index (χ0n) is 10.3. The van der Waals surface area contributed by atoms with Gasteiger partial charge in [-0.1, -0.05) is 32.0 Å². The fraction of sp³-hybridized carbons (Fsp3) is 0.357. The van der Waals surface area contributed by atoms with Gasteiger partial charge in [-0.2, -0.15) is 0 Å². The highest BCUT2D eigenvalue weighted by atomic mass is 31.0. The number of nitrogens with zero attached hydrogens (tertiary/aromatic N) is 1. The van der Waals surface area contributed by atoms with Gasteiger partial charge in [0.2, 0.25) is 0 Å². The van der Waals surface area contributed by atoms with Gasteiger partial charge in [0.25, 0.3) is 0 Å². The summed E-state index contributed by atoms with van der Waals surface area (Å²) in [4.78, 5) is 12.2. The van der Waals surface area contributed by atoms with Crippen molar-refractivity contribution in [2.75, 3.05) is 6.16 Å². The third kappa shape index (κ3) is 2.28. The van der Waals surface area contributed by atoms with Gasteiger partial charge < -0.3 is 4.57 Å². The molecular formula is C14H18NOP. The molecule has 0 aliphatic rings. The zero-order chi connectivity index (χ0) is 12.4. The van der Waals surface area contributed by atoms with E-state index >= 15 is 0 Å². The molecule has 0 N–H and O–H groups in total. The summed E-state index contributed by atoms with van der Waals surface area (Å²) in [5.74, 6) is 0.272. The first-order valence-corrected chi connectivity index (χ1v) is 6.79. The minimum absolute atomic E-state index is 0.0465. The molecular weight excluding hydrogens is 229 g/mol. The fourth-order valence-corrected chi connectivity index (χ4v) is 2.36. The minimum Gasteiger partial charge on any atom is -0.346 e. The van der Waals surface area contributed by atoms with Gasteiger partial charge in [0.15, 0.2) is 5.78 Å². The Kier molecular flexibility index (Phi) is 3.63. The lowest BCUT2D eigenvalue weighted by atomic mass is 10.0. The molecule has 1 heterocycles. The van der Waals surface area contributed by atoms with Crippen LogP contribution in [-0.4, -0.2) is 16.5 Å². The summed E-state index contributed by atoms with van der Waals surface area (Å²) in [7, 11) is 2.72. The molecule has 0 aliphatic heterocycles. The van der Waals surface area contributed by atoms with Crippen LogP contribution in [0.1, 0.15) is 24.2 Å². The van der Waals surface area contributed by atoms with E-state index in [4.69, 9.17) is 0 Å². The molecule has 2 rings (SSSR count). The molecule has 90 valence electrons. The maximum absolute atomic E-state index is 12.2. The number of hydrogen-bond acceptors (Lipinski definition) is 1. The Morgan fingerprint density at radius 3 is 2.71 bits per heavy atom. The molecule has 0 fully saturated rings. The number of ketones is 1. The van der Waals surface area contributed by atoms with E-state index < -0.39 is 0 Å². The van der Waals surface area contributed by atoms with E-state index in [2.05, 4.69) is 19.9 Å². The van der Waals surface area contributed by atoms with Crippen LogP contribution in [0.15, 0.2) is 30.5 Å². The number of carbonyl (C=O) groups excluding carboxylic acids is 1. The van der Waals surface area contributed by atoms with E-state index in [0.717, 1.165) is 29.2 Å². The van der Waals surface area contributed by atoms with Crippen LogP contribution in [0.25, 0.3) is 10.9 Å². The molecule has 0 saturated heterocycles. The van der Waals surface area contributed by atoms with Crippen LogP contribution in [-0.2, 0) is 6.54 Å². The largest absolute Gasteiger partial charge is 0.346 e. The Hall–Kier alpha value is -1.14. The predicted molar refractivity (Wildman–Crippen MR) is 75.7 cm³/mol. The zero-order valence-corrected chi connectivity index (χ0v) is 11.5. The summed E-state index contributed by atoms with van der Waals surface area (Å²) in [6, 6.07) is 8.12. The monoisotopic (exact) mass is 247 g/mol. The summed E-state index contributed by atoms with van der Waals surface area (Å²) >= 11 is 0. The van der Waals surface area contributed by atoms with E-state index in [1.807, 2.05) is 38.2 Å². The standard InChI is InChI=1S/C14H18NOP/c1-10(2)14(16)12-9-15(7-8-17)13-6-4-3-5-11(12)13/h3-6,9-10H,7-8,17H2,1-2H3. The minimum atomic E-state index is 0.0465. The lowest BCUT2D eigenvalue weighted by Crippen LogP contribution is -2.06. The molecule has 17 heavy (non-hydrogen) atoms. The Morgan fingerprint density at radius 2 is 2.06 bits per heavy atom. The number of para-hydroxylation sites is 1. The van der Waals surface area contributed by atoms with E-state index in [0.29, 0.717) is 0 Å². The van der Waals surface area contributed by atoms with E-state index in [-0.39, 0.29) is 11.7 Å². The number of aryl methyl sites for hydroxylation is 1. The second-order valence-corrected chi connectivity index (χ2v) is 5.14. The average Bonchev–Trinajstić information content (AvgIpc) is 2.68. The van der Waals surface area contributed by atoms with E-state index in [1.54, 1.807) is 0 Å². The topological polar surface area (TPSA) is 22.0 Å². The van der Waals surface area contributed by atoms with Gasteiger partial charge in [0.05, 0.1) is 0 Å². The number of benzene rings is 1. The highest BCUT2D eigenvalue weighted by molar-refractivity contribution is 7.16. The molecule has 2 aromatic rings. The molecule has 1 atom stereocenters. The van der Waals surface area contributed by atoms with Crippen molar-refractivity contribution >= 4 is 25.9 Å². The van der Waals surface area contributed by atoms with Crippen molar-refractivity contribution in [1.82, 2.24) is 4.57 Å². The lowest BCUT2D eigenvalue weighted by Gasteiger charge is -2.01. The van der Waals surface area contributed by atoms with Crippen molar-refractivity contribution in [3.63, 3.8) is 0 Å². The number of Topliss-reactive ketones (excluding diaryl/α,β-unsaturated/α-hetero) is 1. The first-order chi connectivity index (χ1) is 8.15. The van der Waals surface area contributed by atoms with Gasteiger partial charge in [-0.05, 0) is 12.2 Å². The second kappa shape index (κ2) is 5.01. The van der Waals surface area contributed by atoms with Crippen LogP contribution in [0.5, 0.6) is 0 Å². The van der Waals surface area contributed by atoms with Crippen LogP contribution in [0.2, 0.25) is 0 Å². The highest BCUT2D eigenvalue weighted by Gasteiger charge is 2.16. The van der Waals surface area contributed by atoms with Crippen LogP contribution in [0, 0.1) is 5.92 Å². The summed E-state index contributed by atoms with van der Waals surface area (Å²) < 4.78 is 2.16. The fourth-order valence-electron chi connectivity index (χ4n) is 2.08. The number of fused-ring (bicyclic) bond motifs is 1. The van der Waals surface area contributed by atoms with Gasteiger partial charge in [-0.25, -0.2) is 0 Å². The average molecular weight is 247 g/mol. The van der Waals surface area contributed by atoms with E-state index in [1.165, 1.54) is 0 Å². The van der Waals surface area contributed by atoms with Crippen LogP contribution >= 0.6 is 9.24 Å². The Balaban J connectivity index is 2.60. The van der Waals surface area contributed by atoms with Crippen molar-refractivity contribution in [1.29, 1.82) is 0 Å². The quantitative estimate of drug-likeness (QED) is 0.600. The molecule has 0 saturated carbocycles. The molecule has 0 radical (unpaired) electrons. The van der Waals surface area contributed by atoms with Crippen LogP contribution < -0.4 is 0 Å². The highest BCUT2D eigenvalue weighted by Crippen LogP contribution is 2.23. The smallest absolute Gasteiger partial charge is 0.167 e. The van der Waals surface area contributed by atoms with Gasteiger partial charge >= 0.3 is 0 Å². The third-order valence-electron chi connectivity index (χ3n) is 2.95. The van der Waals surface area contributed by atoms with Gasteiger partial charge in [0.1, 0.15) is 0 Å². The first kappa shape index (κ1) is 12.3. The van der Waals surface area contributed by atoms with Crippen LogP contribution in [0.4, 0.5) is 0 Å². The number of rotatable bonds is 4. The Labute approximate surface area is 104 Å². The number of carbonyl (C=O) groups is 1. The first-order valence-electron chi connectivity index (χ1n) is 5.97. The summed E-state index contributed by atoms with van der Waals surface area (Å²) in [5, 5.41) is 1.07. The molecule has 0 spiro atoms.